The van der Waals surface area contributed by atoms with Gasteiger partial charge in [0, 0.05) is 23.0 Å². The Morgan fingerprint density at radius 3 is 2.93 bits per heavy atom. The van der Waals surface area contributed by atoms with Gasteiger partial charge in [0.2, 0.25) is 0 Å². The Labute approximate surface area is 97.2 Å². The minimum atomic E-state index is 0.396. The average molecular weight is 247 g/mol. The molecule has 1 aromatic heterocycles. The zero-order valence-corrected chi connectivity index (χ0v) is 10.2. The highest BCUT2D eigenvalue weighted by Gasteiger charge is 2.26. The van der Waals surface area contributed by atoms with E-state index in [1.54, 1.807) is 12.3 Å². The van der Waals surface area contributed by atoms with Crippen LogP contribution in [0.4, 0.5) is 0 Å². The molecule has 0 aromatic carbocycles. The molecule has 1 saturated heterocycles. The van der Waals surface area contributed by atoms with Crippen LogP contribution < -0.4 is 0 Å². The highest BCUT2D eigenvalue weighted by atomic mass is 35.5. The van der Waals surface area contributed by atoms with Gasteiger partial charge in [0.15, 0.2) is 0 Å². The van der Waals surface area contributed by atoms with Crippen molar-refractivity contribution < 1.29 is 0 Å². The molecule has 76 valence electrons. The normalized spacial score (nSPS) is 27.6. The average Bonchev–Trinajstić information content (AvgIpc) is 2.18. The van der Waals surface area contributed by atoms with Gasteiger partial charge in [-0.1, -0.05) is 18.5 Å². The minimum Gasteiger partial charge on any atom is -0.240 e. The SMILES string of the molecule is CC1SCCSC1c1nccc(Cl)n1. The van der Waals surface area contributed by atoms with Crippen LogP contribution in [0.1, 0.15) is 18.0 Å². The summed E-state index contributed by atoms with van der Waals surface area (Å²) < 4.78 is 0. The van der Waals surface area contributed by atoms with Crippen LogP contribution in [0.3, 0.4) is 0 Å². The van der Waals surface area contributed by atoms with Crippen LogP contribution >= 0.6 is 35.1 Å². The van der Waals surface area contributed by atoms with Crippen molar-refractivity contribution in [3.8, 4) is 0 Å². The van der Waals surface area contributed by atoms with Crippen molar-refractivity contribution in [3.05, 3.63) is 23.2 Å². The van der Waals surface area contributed by atoms with Gasteiger partial charge >= 0.3 is 0 Å². The summed E-state index contributed by atoms with van der Waals surface area (Å²) >= 11 is 9.76. The minimum absolute atomic E-state index is 0.396. The predicted molar refractivity (Wildman–Crippen MR) is 64.2 cm³/mol. The Balaban J connectivity index is 2.20. The first kappa shape index (κ1) is 10.6. The maximum atomic E-state index is 5.84. The third-order valence-electron chi connectivity index (χ3n) is 2.08. The molecule has 1 aliphatic rings. The van der Waals surface area contributed by atoms with E-state index in [0.717, 1.165) is 5.82 Å². The number of hydrogen-bond acceptors (Lipinski definition) is 4. The van der Waals surface area contributed by atoms with Crippen LogP contribution in [0.2, 0.25) is 5.15 Å². The first-order chi connectivity index (χ1) is 6.77. The summed E-state index contributed by atoms with van der Waals surface area (Å²) in [4.78, 5) is 8.55. The quantitative estimate of drug-likeness (QED) is 0.712. The molecule has 0 bridgehead atoms. The van der Waals surface area contributed by atoms with Gasteiger partial charge in [0.25, 0.3) is 0 Å². The number of halogens is 1. The van der Waals surface area contributed by atoms with E-state index in [2.05, 4.69) is 16.9 Å². The van der Waals surface area contributed by atoms with Gasteiger partial charge in [0.05, 0.1) is 5.25 Å². The summed E-state index contributed by atoms with van der Waals surface area (Å²) in [5.41, 5.74) is 0. The number of hydrogen-bond donors (Lipinski definition) is 0. The van der Waals surface area contributed by atoms with Gasteiger partial charge in [-0.3, -0.25) is 0 Å². The van der Waals surface area contributed by atoms with E-state index < -0.39 is 0 Å². The molecule has 0 radical (unpaired) electrons. The van der Waals surface area contributed by atoms with E-state index in [4.69, 9.17) is 11.6 Å². The van der Waals surface area contributed by atoms with Crippen LogP contribution in [0.25, 0.3) is 0 Å². The van der Waals surface area contributed by atoms with E-state index in [9.17, 15) is 0 Å². The maximum Gasteiger partial charge on any atom is 0.144 e. The maximum absolute atomic E-state index is 5.84. The Bertz CT molecular complexity index is 321. The van der Waals surface area contributed by atoms with Gasteiger partial charge in [-0.15, -0.1) is 11.8 Å². The van der Waals surface area contributed by atoms with Crippen LogP contribution in [0, 0.1) is 0 Å². The number of rotatable bonds is 1. The second-order valence-corrected chi connectivity index (χ2v) is 6.23. The van der Waals surface area contributed by atoms with Crippen molar-refractivity contribution in [2.45, 2.75) is 17.4 Å². The Morgan fingerprint density at radius 1 is 1.43 bits per heavy atom. The standard InChI is InChI=1S/C9H11ClN2S2/c1-6-8(14-5-4-13-6)9-11-3-2-7(10)12-9/h2-3,6,8H,4-5H2,1H3. The van der Waals surface area contributed by atoms with E-state index in [-0.39, 0.29) is 0 Å². The summed E-state index contributed by atoms with van der Waals surface area (Å²) in [6.07, 6.45) is 1.73. The van der Waals surface area contributed by atoms with Gasteiger partial charge in [-0.2, -0.15) is 11.8 Å². The topological polar surface area (TPSA) is 25.8 Å². The van der Waals surface area contributed by atoms with E-state index >= 15 is 0 Å². The second kappa shape index (κ2) is 4.73. The fourth-order valence-corrected chi connectivity index (χ4v) is 4.24. The molecule has 0 saturated carbocycles. The molecule has 14 heavy (non-hydrogen) atoms. The molecular formula is C9H11ClN2S2. The third kappa shape index (κ3) is 2.35. The molecule has 0 amide bonds. The molecule has 0 spiro atoms. The first-order valence-corrected chi connectivity index (χ1v) is 6.96. The first-order valence-electron chi connectivity index (χ1n) is 4.49. The number of thioether (sulfide) groups is 2. The molecule has 2 heterocycles. The molecule has 2 unspecified atom stereocenters. The zero-order chi connectivity index (χ0) is 9.97. The second-order valence-electron chi connectivity index (χ2n) is 3.10. The van der Waals surface area contributed by atoms with Crippen molar-refractivity contribution in [2.24, 2.45) is 0 Å². The summed E-state index contributed by atoms with van der Waals surface area (Å²) in [7, 11) is 0. The summed E-state index contributed by atoms with van der Waals surface area (Å²) in [5.74, 6) is 3.28. The molecule has 0 aliphatic carbocycles. The molecule has 1 aliphatic heterocycles. The van der Waals surface area contributed by atoms with Crippen LogP contribution in [0.15, 0.2) is 12.3 Å². The largest absolute Gasteiger partial charge is 0.240 e. The molecule has 1 aromatic rings. The van der Waals surface area contributed by atoms with Gasteiger partial charge in [-0.25, -0.2) is 9.97 Å². The highest BCUT2D eigenvalue weighted by Crippen LogP contribution is 2.40. The number of aromatic nitrogens is 2. The molecule has 2 nitrogen and oxygen atoms in total. The van der Waals surface area contributed by atoms with Crippen molar-refractivity contribution in [2.75, 3.05) is 11.5 Å². The van der Waals surface area contributed by atoms with E-state index in [1.165, 1.54) is 11.5 Å². The van der Waals surface area contributed by atoms with E-state index in [0.29, 0.717) is 15.7 Å². The van der Waals surface area contributed by atoms with E-state index in [1.807, 2.05) is 23.5 Å². The fourth-order valence-electron chi connectivity index (χ4n) is 1.40. The van der Waals surface area contributed by atoms with Crippen LogP contribution in [0.5, 0.6) is 0 Å². The monoisotopic (exact) mass is 246 g/mol. The fraction of sp³-hybridized carbons (Fsp3) is 0.556. The van der Waals surface area contributed by atoms with Crippen molar-refractivity contribution in [1.82, 2.24) is 9.97 Å². The number of nitrogens with zero attached hydrogens (tertiary/aromatic N) is 2. The lowest BCUT2D eigenvalue weighted by atomic mass is 10.3. The highest BCUT2D eigenvalue weighted by molar-refractivity contribution is 8.06. The molecular weight excluding hydrogens is 236 g/mol. The smallest absolute Gasteiger partial charge is 0.144 e. The van der Waals surface area contributed by atoms with Gasteiger partial charge in [-0.05, 0) is 6.07 Å². The third-order valence-corrected chi connectivity index (χ3v) is 5.38. The predicted octanol–water partition coefficient (Wildman–Crippen LogP) is 3.04. The van der Waals surface area contributed by atoms with Crippen LogP contribution in [-0.4, -0.2) is 26.7 Å². The molecule has 5 heteroatoms. The van der Waals surface area contributed by atoms with Crippen LogP contribution in [-0.2, 0) is 0 Å². The Hall–Kier alpha value is 0.0700. The summed E-state index contributed by atoms with van der Waals surface area (Å²) in [6.45, 7) is 2.23. The summed E-state index contributed by atoms with van der Waals surface area (Å²) in [5, 5.41) is 1.51. The lowest BCUT2D eigenvalue weighted by Gasteiger charge is -2.26. The molecule has 0 N–H and O–H groups in total. The lowest BCUT2D eigenvalue weighted by Crippen LogP contribution is -2.17. The van der Waals surface area contributed by atoms with Crippen molar-refractivity contribution in [1.29, 1.82) is 0 Å². The molecule has 2 atom stereocenters. The molecule has 1 fully saturated rings. The van der Waals surface area contributed by atoms with Gasteiger partial charge in [0.1, 0.15) is 11.0 Å². The Morgan fingerprint density at radius 2 is 2.21 bits per heavy atom. The zero-order valence-electron chi connectivity index (χ0n) is 7.81. The van der Waals surface area contributed by atoms with Gasteiger partial charge < -0.3 is 0 Å². The summed E-state index contributed by atoms with van der Waals surface area (Å²) in [6, 6.07) is 1.72. The lowest BCUT2D eigenvalue weighted by molar-refractivity contribution is 0.823. The Kier molecular flexibility index (Phi) is 3.57. The van der Waals surface area contributed by atoms with Crippen molar-refractivity contribution in [3.63, 3.8) is 0 Å². The molecule has 2 rings (SSSR count). The van der Waals surface area contributed by atoms with Crippen molar-refractivity contribution >= 4 is 35.1 Å².